The van der Waals surface area contributed by atoms with Gasteiger partial charge in [0.1, 0.15) is 0 Å². The van der Waals surface area contributed by atoms with Crippen molar-refractivity contribution in [1.29, 1.82) is 0 Å². The van der Waals surface area contributed by atoms with E-state index >= 15 is 0 Å². The molecule has 16 heavy (non-hydrogen) atoms. The molecule has 1 heterocycles. The van der Waals surface area contributed by atoms with E-state index in [0.29, 0.717) is 12.6 Å². The van der Waals surface area contributed by atoms with Gasteiger partial charge in [-0.3, -0.25) is 0 Å². The zero-order chi connectivity index (χ0) is 11.2. The van der Waals surface area contributed by atoms with E-state index in [1.807, 2.05) is 18.7 Å². The van der Waals surface area contributed by atoms with E-state index in [2.05, 4.69) is 29.6 Å². The Bertz CT molecular complexity index is 323. The SMILES string of the molecule is CCOCc1cccc(NC2CCSC2)c1. The highest BCUT2D eigenvalue weighted by Gasteiger charge is 2.14. The lowest BCUT2D eigenvalue weighted by Crippen LogP contribution is -2.18. The molecule has 1 atom stereocenters. The molecule has 1 aliphatic heterocycles. The fraction of sp³-hybridized carbons (Fsp3) is 0.538. The van der Waals surface area contributed by atoms with Gasteiger partial charge < -0.3 is 10.1 Å². The second kappa shape index (κ2) is 6.16. The molecule has 1 aliphatic rings. The normalized spacial score (nSPS) is 19.9. The lowest BCUT2D eigenvalue weighted by Gasteiger charge is -2.13. The topological polar surface area (TPSA) is 21.3 Å². The van der Waals surface area contributed by atoms with Gasteiger partial charge in [0, 0.05) is 24.1 Å². The maximum atomic E-state index is 5.41. The standard InChI is InChI=1S/C13H19NOS/c1-2-15-9-11-4-3-5-12(8-11)14-13-6-7-16-10-13/h3-5,8,13-14H,2,6-7,9-10H2,1H3. The Labute approximate surface area is 102 Å². The van der Waals surface area contributed by atoms with E-state index in [-0.39, 0.29) is 0 Å². The summed E-state index contributed by atoms with van der Waals surface area (Å²) in [5, 5.41) is 3.58. The first-order chi connectivity index (χ1) is 7.88. The molecule has 0 aromatic heterocycles. The smallest absolute Gasteiger partial charge is 0.0717 e. The summed E-state index contributed by atoms with van der Waals surface area (Å²) in [6.45, 7) is 3.51. The molecule has 1 unspecified atom stereocenters. The van der Waals surface area contributed by atoms with E-state index in [9.17, 15) is 0 Å². The maximum absolute atomic E-state index is 5.41. The molecule has 88 valence electrons. The summed E-state index contributed by atoms with van der Waals surface area (Å²) >= 11 is 2.03. The summed E-state index contributed by atoms with van der Waals surface area (Å²) in [5.74, 6) is 2.52. The monoisotopic (exact) mass is 237 g/mol. The molecule has 0 bridgehead atoms. The Morgan fingerprint density at radius 2 is 2.44 bits per heavy atom. The maximum Gasteiger partial charge on any atom is 0.0717 e. The molecule has 1 N–H and O–H groups in total. The highest BCUT2D eigenvalue weighted by Crippen LogP contribution is 2.21. The number of hydrogen-bond donors (Lipinski definition) is 1. The fourth-order valence-electron chi connectivity index (χ4n) is 1.85. The van der Waals surface area contributed by atoms with Crippen molar-refractivity contribution in [2.45, 2.75) is 26.0 Å². The van der Waals surface area contributed by atoms with E-state index in [4.69, 9.17) is 4.74 Å². The predicted molar refractivity (Wildman–Crippen MR) is 71.1 cm³/mol. The highest BCUT2D eigenvalue weighted by atomic mass is 32.2. The van der Waals surface area contributed by atoms with Crippen LogP contribution in [0.3, 0.4) is 0 Å². The minimum absolute atomic E-state index is 0.646. The molecule has 1 aromatic rings. The molecule has 0 radical (unpaired) electrons. The quantitative estimate of drug-likeness (QED) is 0.850. The summed E-state index contributed by atoms with van der Waals surface area (Å²) in [6.07, 6.45) is 1.28. The van der Waals surface area contributed by atoms with Gasteiger partial charge in [0.05, 0.1) is 6.61 Å². The van der Waals surface area contributed by atoms with Gasteiger partial charge in [0.15, 0.2) is 0 Å². The van der Waals surface area contributed by atoms with E-state index in [1.54, 1.807) is 0 Å². The zero-order valence-corrected chi connectivity index (χ0v) is 10.6. The number of ether oxygens (including phenoxy) is 1. The summed E-state index contributed by atoms with van der Waals surface area (Å²) < 4.78 is 5.41. The number of benzene rings is 1. The largest absolute Gasteiger partial charge is 0.381 e. The van der Waals surface area contributed by atoms with E-state index in [1.165, 1.54) is 29.2 Å². The van der Waals surface area contributed by atoms with Crippen molar-refractivity contribution in [2.75, 3.05) is 23.4 Å². The van der Waals surface area contributed by atoms with Crippen LogP contribution in [0.4, 0.5) is 5.69 Å². The van der Waals surface area contributed by atoms with Crippen LogP contribution in [-0.2, 0) is 11.3 Å². The minimum Gasteiger partial charge on any atom is -0.381 e. The highest BCUT2D eigenvalue weighted by molar-refractivity contribution is 7.99. The lowest BCUT2D eigenvalue weighted by atomic mass is 10.2. The number of nitrogens with one attached hydrogen (secondary N) is 1. The summed E-state index contributed by atoms with van der Waals surface area (Å²) in [6, 6.07) is 9.19. The molecule has 1 fully saturated rings. The van der Waals surface area contributed by atoms with Crippen LogP contribution in [0.2, 0.25) is 0 Å². The fourth-order valence-corrected chi connectivity index (χ4v) is 3.01. The average molecular weight is 237 g/mol. The van der Waals surface area contributed by atoms with Crippen molar-refractivity contribution in [1.82, 2.24) is 0 Å². The van der Waals surface area contributed by atoms with Crippen molar-refractivity contribution in [3.05, 3.63) is 29.8 Å². The molecule has 0 amide bonds. The second-order valence-corrected chi connectivity index (χ2v) is 5.19. The number of hydrogen-bond acceptors (Lipinski definition) is 3. The molecule has 3 heteroatoms. The zero-order valence-electron chi connectivity index (χ0n) is 9.74. The van der Waals surface area contributed by atoms with Crippen molar-refractivity contribution in [2.24, 2.45) is 0 Å². The van der Waals surface area contributed by atoms with E-state index in [0.717, 1.165) is 6.61 Å². The number of thioether (sulfide) groups is 1. The van der Waals surface area contributed by atoms with Gasteiger partial charge in [-0.1, -0.05) is 12.1 Å². The molecular weight excluding hydrogens is 218 g/mol. The Balaban J connectivity index is 1.92. The lowest BCUT2D eigenvalue weighted by molar-refractivity contribution is 0.134. The molecule has 0 aliphatic carbocycles. The summed E-state index contributed by atoms with van der Waals surface area (Å²) in [7, 11) is 0. The number of rotatable bonds is 5. The van der Waals surface area contributed by atoms with Crippen LogP contribution in [0.15, 0.2) is 24.3 Å². The van der Waals surface area contributed by atoms with Gasteiger partial charge in [-0.05, 0) is 36.8 Å². The number of anilines is 1. The Kier molecular flexibility index (Phi) is 4.55. The van der Waals surface area contributed by atoms with Gasteiger partial charge in [-0.25, -0.2) is 0 Å². The van der Waals surface area contributed by atoms with Crippen LogP contribution >= 0.6 is 11.8 Å². The second-order valence-electron chi connectivity index (χ2n) is 4.04. The van der Waals surface area contributed by atoms with Crippen molar-refractivity contribution < 1.29 is 4.74 Å². The van der Waals surface area contributed by atoms with Crippen LogP contribution in [-0.4, -0.2) is 24.2 Å². The van der Waals surface area contributed by atoms with Gasteiger partial charge in [0.25, 0.3) is 0 Å². The van der Waals surface area contributed by atoms with Crippen LogP contribution in [0.1, 0.15) is 18.9 Å². The van der Waals surface area contributed by atoms with Gasteiger partial charge in [-0.2, -0.15) is 11.8 Å². The van der Waals surface area contributed by atoms with Crippen molar-refractivity contribution in [3.8, 4) is 0 Å². The molecular formula is C13H19NOS. The third-order valence-corrected chi connectivity index (χ3v) is 3.86. The van der Waals surface area contributed by atoms with Crippen LogP contribution in [0.25, 0.3) is 0 Å². The Hall–Kier alpha value is -0.670. The summed E-state index contributed by atoms with van der Waals surface area (Å²) in [5.41, 5.74) is 2.47. The first-order valence-corrected chi connectivity index (χ1v) is 7.05. The summed E-state index contributed by atoms with van der Waals surface area (Å²) in [4.78, 5) is 0. The molecule has 1 aromatic carbocycles. The Morgan fingerprint density at radius 1 is 1.50 bits per heavy atom. The van der Waals surface area contributed by atoms with Crippen molar-refractivity contribution in [3.63, 3.8) is 0 Å². The molecule has 0 spiro atoms. The van der Waals surface area contributed by atoms with Crippen LogP contribution in [0, 0.1) is 0 Å². The predicted octanol–water partition coefficient (Wildman–Crippen LogP) is 3.14. The minimum atomic E-state index is 0.646. The molecule has 1 saturated heterocycles. The molecule has 2 nitrogen and oxygen atoms in total. The average Bonchev–Trinajstić information content (AvgIpc) is 2.80. The van der Waals surface area contributed by atoms with Gasteiger partial charge in [0.2, 0.25) is 0 Å². The first kappa shape index (κ1) is 11.8. The molecule has 0 saturated carbocycles. The third kappa shape index (κ3) is 3.42. The van der Waals surface area contributed by atoms with E-state index < -0.39 is 0 Å². The molecule has 2 rings (SSSR count). The van der Waals surface area contributed by atoms with Gasteiger partial charge in [-0.15, -0.1) is 0 Å². The Morgan fingerprint density at radius 3 is 3.19 bits per heavy atom. The van der Waals surface area contributed by atoms with Crippen LogP contribution in [0.5, 0.6) is 0 Å². The van der Waals surface area contributed by atoms with Crippen molar-refractivity contribution >= 4 is 17.4 Å². The van der Waals surface area contributed by atoms with Gasteiger partial charge >= 0.3 is 0 Å². The van der Waals surface area contributed by atoms with Crippen LogP contribution < -0.4 is 5.32 Å². The first-order valence-electron chi connectivity index (χ1n) is 5.89. The third-order valence-electron chi connectivity index (χ3n) is 2.70.